The highest BCUT2D eigenvalue weighted by Gasteiger charge is 2.16. The minimum atomic E-state index is -0.216. The van der Waals surface area contributed by atoms with E-state index < -0.39 is 0 Å². The standard InChI is InChI=1S/C31H33IN6OS/c1-21(2)25-12-10-24(11-13-25)16-22(3)18-34-36-30(39)20-40-31-37-35-29(38(31)27-8-6-5-7-9-27)19-33-28-15-14-26(32)17-23(28)4/h5-18,21,33H,19-20H2,1-4H3,(H,36,39)/b22-16-,34-18+. The summed E-state index contributed by atoms with van der Waals surface area (Å²) in [6.07, 6.45) is 3.69. The number of nitrogens with zero attached hydrogens (tertiary/aromatic N) is 4. The maximum atomic E-state index is 12.6. The van der Waals surface area contributed by atoms with Crippen LogP contribution in [0.4, 0.5) is 5.69 Å². The van der Waals surface area contributed by atoms with Crippen LogP contribution in [0.25, 0.3) is 11.8 Å². The fourth-order valence-corrected chi connectivity index (χ4v) is 5.40. The summed E-state index contributed by atoms with van der Waals surface area (Å²) in [6, 6.07) is 24.7. The molecule has 9 heteroatoms. The molecule has 0 saturated heterocycles. The van der Waals surface area contributed by atoms with Crippen LogP contribution in [0.2, 0.25) is 0 Å². The van der Waals surface area contributed by atoms with Gasteiger partial charge in [0.1, 0.15) is 0 Å². The summed E-state index contributed by atoms with van der Waals surface area (Å²) >= 11 is 3.63. The number of aromatic nitrogens is 3. The number of nitrogens with one attached hydrogen (secondary N) is 2. The van der Waals surface area contributed by atoms with E-state index in [9.17, 15) is 4.79 Å². The van der Waals surface area contributed by atoms with Crippen LogP contribution in [-0.4, -0.2) is 32.6 Å². The van der Waals surface area contributed by atoms with Crippen molar-refractivity contribution in [2.24, 2.45) is 5.10 Å². The van der Waals surface area contributed by atoms with Crippen molar-refractivity contribution in [2.75, 3.05) is 11.1 Å². The number of hydrazone groups is 1. The molecular weight excluding hydrogens is 631 g/mol. The van der Waals surface area contributed by atoms with Crippen molar-refractivity contribution in [2.45, 2.75) is 45.3 Å². The number of hydrogen-bond acceptors (Lipinski definition) is 6. The SMILES string of the molecule is CC(=C/c1ccc(C(C)C)cc1)/C=N/NC(=O)CSc1nnc(CNc2ccc(I)cc2C)n1-c1ccccc1. The molecule has 0 aliphatic heterocycles. The predicted octanol–water partition coefficient (Wildman–Crippen LogP) is 7.21. The van der Waals surface area contributed by atoms with Crippen molar-refractivity contribution in [1.82, 2.24) is 20.2 Å². The number of carbonyl (C=O) groups excluding carboxylic acids is 1. The molecule has 4 rings (SSSR count). The fourth-order valence-electron chi connectivity index (χ4n) is 3.99. The minimum absolute atomic E-state index is 0.158. The summed E-state index contributed by atoms with van der Waals surface area (Å²) in [4.78, 5) is 12.6. The fraction of sp³-hybridized carbons (Fsp3) is 0.226. The number of thioether (sulfide) groups is 1. The van der Waals surface area contributed by atoms with E-state index in [1.165, 1.54) is 26.5 Å². The largest absolute Gasteiger partial charge is 0.378 e. The van der Waals surface area contributed by atoms with Crippen molar-refractivity contribution < 1.29 is 4.79 Å². The van der Waals surface area contributed by atoms with Gasteiger partial charge in [0, 0.05) is 14.9 Å². The molecular formula is C31H33IN6OS. The zero-order valence-electron chi connectivity index (χ0n) is 23.1. The second-order valence-electron chi connectivity index (χ2n) is 9.67. The second kappa shape index (κ2) is 14.3. The molecule has 0 unspecified atom stereocenters. The van der Waals surface area contributed by atoms with Crippen molar-refractivity contribution in [3.8, 4) is 5.69 Å². The van der Waals surface area contributed by atoms with E-state index in [1.54, 1.807) is 6.21 Å². The average Bonchev–Trinajstić information content (AvgIpc) is 3.35. The maximum absolute atomic E-state index is 12.6. The Hall–Kier alpha value is -3.44. The van der Waals surface area contributed by atoms with Crippen molar-refractivity contribution >= 4 is 58.2 Å². The lowest BCUT2D eigenvalue weighted by atomic mass is 10.0. The molecule has 206 valence electrons. The first-order valence-corrected chi connectivity index (χ1v) is 15.1. The molecule has 1 amide bonds. The molecule has 1 heterocycles. The highest BCUT2D eigenvalue weighted by molar-refractivity contribution is 14.1. The van der Waals surface area contributed by atoms with Crippen molar-refractivity contribution in [1.29, 1.82) is 0 Å². The van der Waals surface area contributed by atoms with Gasteiger partial charge in [-0.05, 0) is 95.0 Å². The summed E-state index contributed by atoms with van der Waals surface area (Å²) in [5.74, 6) is 1.20. The van der Waals surface area contributed by atoms with Crippen LogP contribution >= 0.6 is 34.4 Å². The van der Waals surface area contributed by atoms with E-state index in [4.69, 9.17) is 0 Å². The van der Waals surface area contributed by atoms with E-state index in [0.717, 1.165) is 28.3 Å². The van der Waals surface area contributed by atoms with Crippen LogP contribution in [0.15, 0.2) is 88.6 Å². The number of carbonyl (C=O) groups is 1. The van der Waals surface area contributed by atoms with E-state index in [1.807, 2.05) is 47.9 Å². The quantitative estimate of drug-likeness (QED) is 0.0767. The van der Waals surface area contributed by atoms with Gasteiger partial charge in [0.25, 0.3) is 5.91 Å². The Morgan fingerprint density at radius 2 is 1.82 bits per heavy atom. The number of amides is 1. The van der Waals surface area contributed by atoms with Gasteiger partial charge in [-0.25, -0.2) is 5.43 Å². The molecule has 0 spiro atoms. The molecule has 0 fully saturated rings. The number of allylic oxidation sites excluding steroid dienone is 1. The molecule has 7 nitrogen and oxygen atoms in total. The maximum Gasteiger partial charge on any atom is 0.250 e. The first-order chi connectivity index (χ1) is 19.3. The van der Waals surface area contributed by atoms with E-state index in [-0.39, 0.29) is 11.7 Å². The van der Waals surface area contributed by atoms with Crippen LogP contribution in [0.1, 0.15) is 49.2 Å². The van der Waals surface area contributed by atoms with Gasteiger partial charge in [-0.1, -0.05) is 74.1 Å². The van der Waals surface area contributed by atoms with Crippen LogP contribution in [0, 0.1) is 10.5 Å². The monoisotopic (exact) mass is 664 g/mol. The Kier molecular flexibility index (Phi) is 10.5. The normalized spacial score (nSPS) is 11.8. The Morgan fingerprint density at radius 1 is 1.07 bits per heavy atom. The van der Waals surface area contributed by atoms with Gasteiger partial charge >= 0.3 is 0 Å². The summed E-state index contributed by atoms with van der Waals surface area (Å²) in [7, 11) is 0. The van der Waals surface area contributed by atoms with E-state index in [2.05, 4.69) is 112 Å². The number of rotatable bonds is 11. The molecule has 3 aromatic carbocycles. The molecule has 0 radical (unpaired) electrons. The Bertz CT molecular complexity index is 1500. The molecule has 0 saturated carbocycles. The molecule has 0 aliphatic rings. The van der Waals surface area contributed by atoms with Gasteiger partial charge in [0.05, 0.1) is 18.5 Å². The zero-order valence-corrected chi connectivity index (χ0v) is 26.0. The predicted molar refractivity (Wildman–Crippen MR) is 174 cm³/mol. The Morgan fingerprint density at radius 3 is 2.52 bits per heavy atom. The third kappa shape index (κ3) is 8.28. The number of benzene rings is 3. The lowest BCUT2D eigenvalue weighted by Crippen LogP contribution is -2.20. The first kappa shape index (κ1) is 29.5. The van der Waals surface area contributed by atoms with Crippen LogP contribution in [-0.2, 0) is 11.3 Å². The number of aryl methyl sites for hydroxylation is 1. The number of para-hydroxylation sites is 1. The summed E-state index contributed by atoms with van der Waals surface area (Å²) < 4.78 is 3.17. The van der Waals surface area contributed by atoms with Crippen molar-refractivity contribution in [3.05, 3.63) is 104 Å². The van der Waals surface area contributed by atoms with Gasteiger partial charge < -0.3 is 5.32 Å². The summed E-state index contributed by atoms with van der Waals surface area (Å²) in [6.45, 7) is 8.88. The molecule has 1 aromatic heterocycles. The summed E-state index contributed by atoms with van der Waals surface area (Å²) in [5, 5.41) is 17.1. The first-order valence-electron chi connectivity index (χ1n) is 13.0. The number of hydrogen-bond donors (Lipinski definition) is 2. The highest BCUT2D eigenvalue weighted by Crippen LogP contribution is 2.24. The number of halogens is 1. The molecule has 40 heavy (non-hydrogen) atoms. The van der Waals surface area contributed by atoms with Crippen LogP contribution in [0.5, 0.6) is 0 Å². The lowest BCUT2D eigenvalue weighted by Gasteiger charge is -2.12. The average molecular weight is 665 g/mol. The van der Waals surface area contributed by atoms with E-state index >= 15 is 0 Å². The molecule has 4 aromatic rings. The Balaban J connectivity index is 1.38. The van der Waals surface area contributed by atoms with Crippen LogP contribution < -0.4 is 10.7 Å². The van der Waals surface area contributed by atoms with Gasteiger partial charge in [0.15, 0.2) is 11.0 Å². The topological polar surface area (TPSA) is 84.2 Å². The molecule has 0 atom stereocenters. The van der Waals surface area contributed by atoms with Crippen LogP contribution in [0.3, 0.4) is 0 Å². The molecule has 0 aliphatic carbocycles. The highest BCUT2D eigenvalue weighted by atomic mass is 127. The Labute approximate surface area is 253 Å². The van der Waals surface area contributed by atoms with Gasteiger partial charge in [0.2, 0.25) is 0 Å². The third-order valence-corrected chi connectivity index (χ3v) is 7.73. The smallest absolute Gasteiger partial charge is 0.250 e. The minimum Gasteiger partial charge on any atom is -0.378 e. The van der Waals surface area contributed by atoms with Gasteiger partial charge in [-0.2, -0.15) is 5.10 Å². The third-order valence-electron chi connectivity index (χ3n) is 6.13. The second-order valence-corrected chi connectivity index (χ2v) is 11.9. The van der Waals surface area contributed by atoms with Crippen molar-refractivity contribution in [3.63, 3.8) is 0 Å². The number of anilines is 1. The lowest BCUT2D eigenvalue weighted by molar-refractivity contribution is -0.118. The summed E-state index contributed by atoms with van der Waals surface area (Å²) in [5.41, 5.74) is 9.11. The molecule has 2 N–H and O–H groups in total. The zero-order chi connectivity index (χ0) is 28.5. The van der Waals surface area contributed by atoms with E-state index in [0.29, 0.717) is 17.6 Å². The molecule has 0 bridgehead atoms. The van der Waals surface area contributed by atoms with Gasteiger partial charge in [-0.15, -0.1) is 10.2 Å². The van der Waals surface area contributed by atoms with Gasteiger partial charge in [-0.3, -0.25) is 9.36 Å².